The monoisotopic (exact) mass is 388 g/mol. The number of nitrogens with zero attached hydrogens (tertiary/aromatic N) is 1. The topological polar surface area (TPSA) is 75.7 Å². The fourth-order valence-electron chi connectivity index (χ4n) is 3.06. The number of aryl methyl sites for hydroxylation is 3. The Labute approximate surface area is 160 Å². The smallest absolute Gasteiger partial charge is 0.265 e. The zero-order chi connectivity index (χ0) is 19.8. The van der Waals surface area contributed by atoms with Gasteiger partial charge in [0.25, 0.3) is 5.91 Å². The van der Waals surface area contributed by atoms with Crippen molar-refractivity contribution in [3.05, 3.63) is 53.1 Å². The van der Waals surface area contributed by atoms with E-state index in [9.17, 15) is 13.2 Å². The van der Waals surface area contributed by atoms with Crippen molar-refractivity contribution >= 4 is 27.3 Å². The third-order valence-electron chi connectivity index (χ3n) is 4.71. The van der Waals surface area contributed by atoms with Gasteiger partial charge in [-0.2, -0.15) is 0 Å². The zero-order valence-corrected chi connectivity index (χ0v) is 16.8. The van der Waals surface area contributed by atoms with Gasteiger partial charge in [0.1, 0.15) is 5.75 Å². The molecule has 7 heteroatoms. The molecule has 0 bridgehead atoms. The van der Waals surface area contributed by atoms with E-state index in [0.717, 1.165) is 22.9 Å². The molecule has 3 rings (SSSR count). The number of carbonyl (C=O) groups is 1. The number of rotatable bonds is 3. The quantitative estimate of drug-likeness (QED) is 0.876. The van der Waals surface area contributed by atoms with Crippen molar-refractivity contribution in [1.29, 1.82) is 0 Å². The first-order chi connectivity index (χ1) is 12.6. The van der Waals surface area contributed by atoms with Crippen LogP contribution in [0.15, 0.2) is 36.4 Å². The van der Waals surface area contributed by atoms with Crippen LogP contribution in [-0.2, 0) is 14.8 Å². The molecule has 27 heavy (non-hydrogen) atoms. The number of amides is 1. The Morgan fingerprint density at radius 3 is 2.52 bits per heavy atom. The molecule has 1 N–H and O–H groups in total. The van der Waals surface area contributed by atoms with Crippen LogP contribution in [0.4, 0.5) is 11.4 Å². The molecule has 0 spiro atoms. The van der Waals surface area contributed by atoms with Crippen molar-refractivity contribution in [1.82, 2.24) is 0 Å². The lowest BCUT2D eigenvalue weighted by atomic mass is 10.1. The maximum atomic E-state index is 12.7. The Bertz CT molecular complexity index is 985. The van der Waals surface area contributed by atoms with Crippen LogP contribution in [0.2, 0.25) is 0 Å². The van der Waals surface area contributed by atoms with Crippen LogP contribution in [0.25, 0.3) is 0 Å². The van der Waals surface area contributed by atoms with Crippen molar-refractivity contribution < 1.29 is 17.9 Å². The highest BCUT2D eigenvalue weighted by atomic mass is 32.2. The van der Waals surface area contributed by atoms with Gasteiger partial charge in [-0.25, -0.2) is 8.42 Å². The van der Waals surface area contributed by atoms with Crippen molar-refractivity contribution in [3.63, 3.8) is 0 Å². The second-order valence-corrected chi connectivity index (χ2v) is 8.90. The number of anilines is 2. The molecule has 0 radical (unpaired) electrons. The average molecular weight is 388 g/mol. The SMILES string of the molecule is Cc1ccc2c(c1)N(S(C)(=O)=O)CC[C@H](C(=O)Nc1ccc(C)c(C)c1)O2. The van der Waals surface area contributed by atoms with E-state index in [1.165, 1.54) is 4.31 Å². The standard InChI is InChI=1S/C20H24N2O4S/c1-13-5-8-18-17(11-13)22(27(4,24)25)10-9-19(26-18)20(23)21-16-7-6-14(2)15(3)12-16/h5-8,11-12,19H,9-10H2,1-4H3,(H,21,23)/t19-/m1/s1. The number of hydrogen-bond donors (Lipinski definition) is 1. The molecule has 0 saturated carbocycles. The molecule has 0 fully saturated rings. The summed E-state index contributed by atoms with van der Waals surface area (Å²) in [5, 5.41) is 2.87. The van der Waals surface area contributed by atoms with Crippen molar-refractivity contribution in [2.75, 3.05) is 22.4 Å². The summed E-state index contributed by atoms with van der Waals surface area (Å²) in [4.78, 5) is 12.7. The summed E-state index contributed by atoms with van der Waals surface area (Å²) >= 11 is 0. The number of ether oxygens (including phenoxy) is 1. The van der Waals surface area contributed by atoms with Gasteiger partial charge in [-0.3, -0.25) is 9.10 Å². The second kappa shape index (κ2) is 7.23. The van der Waals surface area contributed by atoms with Gasteiger partial charge in [0, 0.05) is 18.7 Å². The molecular weight excluding hydrogens is 364 g/mol. The molecule has 0 unspecified atom stereocenters. The number of fused-ring (bicyclic) bond motifs is 1. The van der Waals surface area contributed by atoms with Gasteiger partial charge in [-0.05, 0) is 61.7 Å². The Hall–Kier alpha value is -2.54. The van der Waals surface area contributed by atoms with Gasteiger partial charge in [0.2, 0.25) is 10.0 Å². The van der Waals surface area contributed by atoms with Gasteiger partial charge in [-0.1, -0.05) is 12.1 Å². The van der Waals surface area contributed by atoms with Crippen LogP contribution in [0.3, 0.4) is 0 Å². The molecule has 0 saturated heterocycles. The lowest BCUT2D eigenvalue weighted by Crippen LogP contribution is -2.36. The number of nitrogens with one attached hydrogen (secondary N) is 1. The average Bonchev–Trinajstić information content (AvgIpc) is 2.77. The van der Waals surface area contributed by atoms with Gasteiger partial charge >= 0.3 is 0 Å². The highest BCUT2D eigenvalue weighted by Crippen LogP contribution is 2.35. The highest BCUT2D eigenvalue weighted by Gasteiger charge is 2.31. The van der Waals surface area contributed by atoms with E-state index in [4.69, 9.17) is 4.74 Å². The predicted molar refractivity (Wildman–Crippen MR) is 107 cm³/mol. The minimum Gasteiger partial charge on any atom is -0.478 e. The van der Waals surface area contributed by atoms with Crippen LogP contribution >= 0.6 is 0 Å². The Morgan fingerprint density at radius 2 is 1.85 bits per heavy atom. The number of benzene rings is 2. The third-order valence-corrected chi connectivity index (χ3v) is 5.89. The van der Waals surface area contributed by atoms with Gasteiger partial charge in [-0.15, -0.1) is 0 Å². The fraction of sp³-hybridized carbons (Fsp3) is 0.350. The van der Waals surface area contributed by atoms with E-state index >= 15 is 0 Å². The van der Waals surface area contributed by atoms with Crippen molar-refractivity contribution in [2.45, 2.75) is 33.3 Å². The van der Waals surface area contributed by atoms with E-state index in [0.29, 0.717) is 17.1 Å². The summed E-state index contributed by atoms with van der Waals surface area (Å²) in [5.41, 5.74) is 4.31. The summed E-state index contributed by atoms with van der Waals surface area (Å²) in [6.45, 7) is 6.06. The van der Waals surface area contributed by atoms with E-state index < -0.39 is 16.1 Å². The van der Waals surface area contributed by atoms with E-state index in [2.05, 4.69) is 5.32 Å². The van der Waals surface area contributed by atoms with Crippen molar-refractivity contribution in [2.24, 2.45) is 0 Å². The first-order valence-electron chi connectivity index (χ1n) is 8.78. The van der Waals surface area contributed by atoms with Crippen LogP contribution < -0.4 is 14.4 Å². The van der Waals surface area contributed by atoms with Crippen molar-refractivity contribution in [3.8, 4) is 5.75 Å². The Balaban J connectivity index is 1.87. The van der Waals surface area contributed by atoms with Crippen LogP contribution in [0.1, 0.15) is 23.1 Å². The summed E-state index contributed by atoms with van der Waals surface area (Å²) in [6.07, 6.45) is 0.645. The fourth-order valence-corrected chi connectivity index (χ4v) is 4.00. The molecule has 1 amide bonds. The molecule has 0 aliphatic carbocycles. The molecule has 1 aliphatic rings. The molecule has 2 aromatic rings. The molecule has 6 nitrogen and oxygen atoms in total. The summed E-state index contributed by atoms with van der Waals surface area (Å²) in [7, 11) is -3.48. The Morgan fingerprint density at radius 1 is 1.11 bits per heavy atom. The Kier molecular flexibility index (Phi) is 5.15. The van der Waals surface area contributed by atoms with Gasteiger partial charge in [0.15, 0.2) is 6.10 Å². The first-order valence-corrected chi connectivity index (χ1v) is 10.6. The number of hydrogen-bond acceptors (Lipinski definition) is 4. The lowest BCUT2D eigenvalue weighted by Gasteiger charge is -2.21. The number of carbonyl (C=O) groups excluding carboxylic acids is 1. The largest absolute Gasteiger partial charge is 0.478 e. The predicted octanol–water partition coefficient (Wildman–Crippen LogP) is 3.17. The lowest BCUT2D eigenvalue weighted by molar-refractivity contribution is -0.122. The van der Waals surface area contributed by atoms with Gasteiger partial charge < -0.3 is 10.1 Å². The van der Waals surface area contributed by atoms with Crippen LogP contribution in [0.5, 0.6) is 5.75 Å². The molecule has 1 aliphatic heterocycles. The zero-order valence-electron chi connectivity index (χ0n) is 15.9. The second-order valence-electron chi connectivity index (χ2n) is 6.99. The maximum Gasteiger partial charge on any atom is 0.265 e. The molecule has 0 aromatic heterocycles. The molecule has 1 atom stereocenters. The van der Waals surface area contributed by atoms with Gasteiger partial charge in [0.05, 0.1) is 11.9 Å². The minimum absolute atomic E-state index is 0.181. The van der Waals surface area contributed by atoms with Crippen LogP contribution in [0, 0.1) is 20.8 Å². The van der Waals surface area contributed by atoms with E-state index in [1.807, 2.05) is 45.0 Å². The highest BCUT2D eigenvalue weighted by molar-refractivity contribution is 7.92. The molecule has 2 aromatic carbocycles. The molecule has 1 heterocycles. The molecular formula is C20H24N2O4S. The van der Waals surface area contributed by atoms with E-state index in [1.54, 1.807) is 12.1 Å². The maximum absolute atomic E-state index is 12.7. The summed E-state index contributed by atoms with van der Waals surface area (Å²) < 4.78 is 31.7. The normalized spacial score (nSPS) is 16.9. The summed E-state index contributed by atoms with van der Waals surface area (Å²) in [6, 6.07) is 11.0. The minimum atomic E-state index is -3.48. The first kappa shape index (κ1) is 19.2. The van der Waals surface area contributed by atoms with Crippen LogP contribution in [-0.4, -0.2) is 33.2 Å². The third kappa shape index (κ3) is 4.24. The summed E-state index contributed by atoms with van der Waals surface area (Å²) in [5.74, 6) is 0.101. The van der Waals surface area contributed by atoms with E-state index in [-0.39, 0.29) is 18.9 Å². The molecule has 144 valence electrons. The number of sulfonamides is 1.